The molecule has 2 bridgehead atoms. The highest BCUT2D eigenvalue weighted by molar-refractivity contribution is 5.86. The van der Waals surface area contributed by atoms with E-state index in [4.69, 9.17) is 0 Å². The molecule has 0 radical (unpaired) electrons. The molecule has 2 nitrogen and oxygen atoms in total. The van der Waals surface area contributed by atoms with Gasteiger partial charge in [0.05, 0.1) is 5.92 Å². The molecule has 1 amide bonds. The Balaban J connectivity index is 2.18. The lowest BCUT2D eigenvalue weighted by Crippen LogP contribution is -2.34. The van der Waals surface area contributed by atoms with E-state index < -0.39 is 0 Å². The summed E-state index contributed by atoms with van der Waals surface area (Å²) in [5.41, 5.74) is 2.63. The second-order valence-electron chi connectivity index (χ2n) is 3.86. The third kappa shape index (κ3) is 0.857. The van der Waals surface area contributed by atoms with Crippen LogP contribution in [0.1, 0.15) is 29.4 Å². The van der Waals surface area contributed by atoms with Gasteiger partial charge in [-0.05, 0) is 17.5 Å². The second kappa shape index (κ2) is 2.34. The van der Waals surface area contributed by atoms with E-state index in [0.717, 1.165) is 13.0 Å². The molecule has 66 valence electrons. The number of piperidine rings is 1. The molecule has 0 saturated carbocycles. The summed E-state index contributed by atoms with van der Waals surface area (Å²) >= 11 is 0. The topological polar surface area (TPSA) is 29.1 Å². The zero-order chi connectivity index (χ0) is 8.84. The van der Waals surface area contributed by atoms with E-state index >= 15 is 0 Å². The van der Waals surface area contributed by atoms with Crippen LogP contribution in [0, 0.1) is 0 Å². The van der Waals surface area contributed by atoms with Crippen LogP contribution in [0.4, 0.5) is 0 Å². The average Bonchev–Trinajstić information content (AvgIpc) is 2.48. The van der Waals surface area contributed by atoms with Crippen LogP contribution in [0.25, 0.3) is 0 Å². The van der Waals surface area contributed by atoms with Crippen molar-refractivity contribution in [3.63, 3.8) is 0 Å². The maximum atomic E-state index is 11.5. The predicted octanol–water partition coefficient (Wildman–Crippen LogP) is 1.39. The summed E-state index contributed by atoms with van der Waals surface area (Å²) in [5.74, 6) is 0.912. The van der Waals surface area contributed by atoms with Crippen molar-refractivity contribution in [2.24, 2.45) is 0 Å². The predicted molar refractivity (Wildman–Crippen MR) is 49.6 cm³/mol. The first-order valence-corrected chi connectivity index (χ1v) is 4.73. The first kappa shape index (κ1) is 7.13. The lowest BCUT2D eigenvalue weighted by molar-refractivity contribution is -0.123. The molecule has 1 aromatic carbocycles. The Kier molecular flexibility index (Phi) is 1.29. The summed E-state index contributed by atoms with van der Waals surface area (Å²) in [4.78, 5) is 11.5. The maximum Gasteiger partial charge on any atom is 0.227 e. The van der Waals surface area contributed by atoms with E-state index in [1.807, 2.05) is 6.07 Å². The van der Waals surface area contributed by atoms with Crippen molar-refractivity contribution in [1.82, 2.24) is 5.32 Å². The SMILES string of the molecule is O=C1NCC2CC1c1ccccc12. The van der Waals surface area contributed by atoms with Crippen molar-refractivity contribution in [2.45, 2.75) is 18.3 Å². The van der Waals surface area contributed by atoms with Gasteiger partial charge in [0.2, 0.25) is 5.91 Å². The molecule has 2 unspecified atom stereocenters. The van der Waals surface area contributed by atoms with Crippen LogP contribution in [0.5, 0.6) is 0 Å². The van der Waals surface area contributed by atoms with Gasteiger partial charge in [-0.2, -0.15) is 0 Å². The van der Waals surface area contributed by atoms with Gasteiger partial charge >= 0.3 is 0 Å². The van der Waals surface area contributed by atoms with Crippen LogP contribution in [0.15, 0.2) is 24.3 Å². The van der Waals surface area contributed by atoms with Crippen LogP contribution >= 0.6 is 0 Å². The summed E-state index contributed by atoms with van der Waals surface area (Å²) in [5, 5.41) is 2.95. The molecule has 1 aliphatic carbocycles. The number of hydrogen-bond acceptors (Lipinski definition) is 1. The largest absolute Gasteiger partial charge is 0.355 e. The molecule has 2 atom stereocenters. The lowest BCUT2D eigenvalue weighted by Gasteiger charge is -2.19. The minimum atomic E-state index is 0.134. The molecule has 2 heteroatoms. The van der Waals surface area contributed by atoms with Crippen molar-refractivity contribution >= 4 is 5.91 Å². The molecule has 1 N–H and O–H groups in total. The molecular formula is C11H11NO. The normalized spacial score (nSPS) is 29.7. The Morgan fingerprint density at radius 2 is 2.00 bits per heavy atom. The van der Waals surface area contributed by atoms with Gasteiger partial charge in [-0.3, -0.25) is 4.79 Å². The van der Waals surface area contributed by atoms with E-state index in [0.29, 0.717) is 5.92 Å². The third-order valence-corrected chi connectivity index (χ3v) is 3.17. The molecule has 0 aromatic heterocycles. The number of fused-ring (bicyclic) bond motifs is 5. The van der Waals surface area contributed by atoms with Crippen molar-refractivity contribution in [3.8, 4) is 0 Å². The van der Waals surface area contributed by atoms with Gasteiger partial charge in [-0.25, -0.2) is 0 Å². The van der Waals surface area contributed by atoms with Gasteiger partial charge in [-0.15, -0.1) is 0 Å². The van der Waals surface area contributed by atoms with Crippen molar-refractivity contribution in [3.05, 3.63) is 35.4 Å². The Labute approximate surface area is 77.0 Å². The summed E-state index contributed by atoms with van der Waals surface area (Å²) < 4.78 is 0. The van der Waals surface area contributed by atoms with Gasteiger partial charge in [0, 0.05) is 12.5 Å². The first-order valence-electron chi connectivity index (χ1n) is 4.73. The van der Waals surface area contributed by atoms with Crippen molar-refractivity contribution in [2.75, 3.05) is 6.54 Å². The number of rotatable bonds is 0. The summed E-state index contributed by atoms with van der Waals surface area (Å²) in [7, 11) is 0. The highest BCUT2D eigenvalue weighted by Crippen LogP contribution is 2.43. The molecule has 13 heavy (non-hydrogen) atoms. The van der Waals surface area contributed by atoms with E-state index in [2.05, 4.69) is 23.5 Å². The number of amides is 1. The standard InChI is InChI=1S/C11H11NO/c13-11-10-5-7(6-12-11)8-3-1-2-4-9(8)10/h1-4,7,10H,5-6H2,(H,12,13). The molecule has 1 heterocycles. The smallest absolute Gasteiger partial charge is 0.227 e. The van der Waals surface area contributed by atoms with Crippen LogP contribution in [0.3, 0.4) is 0 Å². The van der Waals surface area contributed by atoms with Crippen molar-refractivity contribution < 1.29 is 4.79 Å². The third-order valence-electron chi connectivity index (χ3n) is 3.17. The molecular weight excluding hydrogens is 162 g/mol. The van der Waals surface area contributed by atoms with E-state index in [-0.39, 0.29) is 11.8 Å². The molecule has 3 rings (SSSR count). The number of nitrogens with one attached hydrogen (secondary N) is 1. The van der Waals surface area contributed by atoms with Crippen molar-refractivity contribution in [1.29, 1.82) is 0 Å². The Morgan fingerprint density at radius 1 is 1.23 bits per heavy atom. The Morgan fingerprint density at radius 3 is 2.85 bits per heavy atom. The number of hydrogen-bond donors (Lipinski definition) is 1. The Bertz CT molecular complexity index is 372. The van der Waals surface area contributed by atoms with E-state index in [9.17, 15) is 4.79 Å². The van der Waals surface area contributed by atoms with Gasteiger partial charge in [0.1, 0.15) is 0 Å². The average molecular weight is 173 g/mol. The summed E-state index contributed by atoms with van der Waals surface area (Å²) in [6.07, 6.45) is 1.02. The minimum absolute atomic E-state index is 0.134. The molecule has 1 fully saturated rings. The number of benzene rings is 1. The fourth-order valence-corrected chi connectivity index (χ4v) is 2.53. The van der Waals surface area contributed by atoms with Crippen LogP contribution in [-0.2, 0) is 4.79 Å². The van der Waals surface area contributed by atoms with Gasteiger partial charge < -0.3 is 5.32 Å². The fraction of sp³-hybridized carbons (Fsp3) is 0.364. The summed E-state index contributed by atoms with van der Waals surface area (Å²) in [6.45, 7) is 0.826. The quantitative estimate of drug-likeness (QED) is 0.631. The monoisotopic (exact) mass is 173 g/mol. The molecule has 1 saturated heterocycles. The van der Waals surface area contributed by atoms with Crippen LogP contribution in [0.2, 0.25) is 0 Å². The molecule has 0 spiro atoms. The summed E-state index contributed by atoms with van der Waals surface area (Å²) in [6, 6.07) is 8.32. The highest BCUT2D eigenvalue weighted by Gasteiger charge is 2.38. The minimum Gasteiger partial charge on any atom is -0.355 e. The van der Waals surface area contributed by atoms with Crippen LogP contribution in [-0.4, -0.2) is 12.5 Å². The van der Waals surface area contributed by atoms with Gasteiger partial charge in [0.15, 0.2) is 0 Å². The van der Waals surface area contributed by atoms with Crippen LogP contribution < -0.4 is 5.32 Å². The number of carbonyl (C=O) groups is 1. The molecule has 2 aliphatic rings. The second-order valence-corrected chi connectivity index (χ2v) is 3.86. The molecule has 1 aliphatic heterocycles. The lowest BCUT2D eigenvalue weighted by atomic mass is 9.97. The van der Waals surface area contributed by atoms with E-state index in [1.54, 1.807) is 0 Å². The maximum absolute atomic E-state index is 11.5. The number of carbonyl (C=O) groups excluding carboxylic acids is 1. The molecule has 1 aromatic rings. The van der Waals surface area contributed by atoms with Gasteiger partial charge in [0.25, 0.3) is 0 Å². The first-order chi connectivity index (χ1) is 6.36. The highest BCUT2D eigenvalue weighted by atomic mass is 16.1. The van der Waals surface area contributed by atoms with E-state index in [1.165, 1.54) is 11.1 Å². The zero-order valence-electron chi connectivity index (χ0n) is 7.29. The zero-order valence-corrected chi connectivity index (χ0v) is 7.29. The fourth-order valence-electron chi connectivity index (χ4n) is 2.53. The van der Waals surface area contributed by atoms with Gasteiger partial charge in [-0.1, -0.05) is 24.3 Å². The Hall–Kier alpha value is -1.31.